The molecule has 1 heterocycles. The van der Waals surface area contributed by atoms with Gasteiger partial charge in [0.05, 0.1) is 6.42 Å². The third-order valence-electron chi connectivity index (χ3n) is 3.55. The molecule has 19 heavy (non-hydrogen) atoms. The molecule has 1 aromatic rings. The van der Waals surface area contributed by atoms with Crippen LogP contribution in [-0.2, 0) is 11.3 Å². The van der Waals surface area contributed by atoms with Crippen LogP contribution in [0.15, 0.2) is 18.2 Å². The average Bonchev–Trinajstić information content (AvgIpc) is 2.34. The van der Waals surface area contributed by atoms with Gasteiger partial charge in [-0.15, -0.1) is 0 Å². The first kappa shape index (κ1) is 14.3. The monoisotopic (exact) mass is 285 g/mol. The average molecular weight is 286 g/mol. The van der Waals surface area contributed by atoms with Crippen LogP contribution < -0.4 is 0 Å². The number of benzene rings is 1. The van der Waals surface area contributed by atoms with E-state index in [1.54, 1.807) is 6.07 Å². The molecule has 1 atom stereocenters. The predicted octanol–water partition coefficient (Wildman–Crippen LogP) is 3.31. The van der Waals surface area contributed by atoms with E-state index in [9.17, 15) is 9.18 Å². The molecule has 1 fully saturated rings. The van der Waals surface area contributed by atoms with Crippen molar-refractivity contribution in [1.82, 2.24) is 4.90 Å². The van der Waals surface area contributed by atoms with E-state index in [-0.39, 0.29) is 18.3 Å². The second-order valence-electron chi connectivity index (χ2n) is 4.95. The lowest BCUT2D eigenvalue weighted by Crippen LogP contribution is -2.40. The molecule has 0 bridgehead atoms. The van der Waals surface area contributed by atoms with Crippen LogP contribution in [-0.4, -0.2) is 28.6 Å². The fraction of sp³-hybridized carbons (Fsp3) is 0.500. The SMILES string of the molecule is O=C(O)CC1CCCCN1Cc1ccc(F)cc1Cl. The number of rotatable bonds is 4. The van der Waals surface area contributed by atoms with Gasteiger partial charge in [-0.1, -0.05) is 24.1 Å². The van der Waals surface area contributed by atoms with Gasteiger partial charge in [-0.2, -0.15) is 0 Å². The van der Waals surface area contributed by atoms with Gasteiger partial charge in [-0.3, -0.25) is 9.69 Å². The van der Waals surface area contributed by atoms with E-state index in [1.165, 1.54) is 12.1 Å². The van der Waals surface area contributed by atoms with E-state index in [2.05, 4.69) is 4.90 Å². The fourth-order valence-electron chi connectivity index (χ4n) is 2.57. The molecule has 104 valence electrons. The summed E-state index contributed by atoms with van der Waals surface area (Å²) in [7, 11) is 0. The molecule has 0 spiro atoms. The van der Waals surface area contributed by atoms with Crippen LogP contribution in [0, 0.1) is 5.82 Å². The van der Waals surface area contributed by atoms with Crippen LogP contribution in [0.4, 0.5) is 4.39 Å². The van der Waals surface area contributed by atoms with Gasteiger partial charge < -0.3 is 5.11 Å². The first-order chi connectivity index (χ1) is 9.06. The Morgan fingerprint density at radius 1 is 1.47 bits per heavy atom. The number of piperidine rings is 1. The van der Waals surface area contributed by atoms with Crippen molar-refractivity contribution in [2.45, 2.75) is 38.3 Å². The standard InChI is InChI=1S/C14H17ClFNO2/c15-13-7-11(16)5-4-10(13)9-17-6-2-1-3-12(17)8-14(18)19/h4-5,7,12H,1-3,6,8-9H2,(H,18,19). The number of halogens is 2. The summed E-state index contributed by atoms with van der Waals surface area (Å²) in [4.78, 5) is 13.0. The molecule has 0 aromatic heterocycles. The number of nitrogens with zero attached hydrogens (tertiary/aromatic N) is 1. The Balaban J connectivity index is 2.08. The van der Waals surface area contributed by atoms with Gasteiger partial charge in [0.1, 0.15) is 5.82 Å². The van der Waals surface area contributed by atoms with E-state index >= 15 is 0 Å². The van der Waals surface area contributed by atoms with Crippen molar-refractivity contribution in [3.8, 4) is 0 Å². The van der Waals surface area contributed by atoms with E-state index < -0.39 is 5.97 Å². The number of aliphatic carboxylic acids is 1. The van der Waals surface area contributed by atoms with Crippen molar-refractivity contribution >= 4 is 17.6 Å². The van der Waals surface area contributed by atoms with Gasteiger partial charge in [-0.05, 0) is 37.1 Å². The summed E-state index contributed by atoms with van der Waals surface area (Å²) >= 11 is 6.02. The predicted molar refractivity (Wildman–Crippen MR) is 71.7 cm³/mol. The summed E-state index contributed by atoms with van der Waals surface area (Å²) in [5.41, 5.74) is 0.848. The zero-order chi connectivity index (χ0) is 13.8. The van der Waals surface area contributed by atoms with Crippen molar-refractivity contribution in [3.63, 3.8) is 0 Å². The summed E-state index contributed by atoms with van der Waals surface area (Å²) in [5.74, 6) is -1.13. The van der Waals surface area contributed by atoms with Gasteiger partial charge in [0.25, 0.3) is 0 Å². The summed E-state index contributed by atoms with van der Waals surface area (Å²) in [5, 5.41) is 9.34. The third kappa shape index (κ3) is 3.91. The lowest BCUT2D eigenvalue weighted by molar-refractivity contribution is -0.138. The molecule has 2 rings (SSSR count). The summed E-state index contributed by atoms with van der Waals surface area (Å²) in [6.07, 6.45) is 3.17. The number of carbonyl (C=O) groups is 1. The Labute approximate surface area is 117 Å². The highest BCUT2D eigenvalue weighted by molar-refractivity contribution is 6.31. The minimum atomic E-state index is -0.776. The molecule has 1 aliphatic rings. The Bertz CT molecular complexity index is 467. The molecule has 1 aromatic carbocycles. The molecule has 5 heteroatoms. The van der Waals surface area contributed by atoms with Gasteiger partial charge in [0.15, 0.2) is 0 Å². The largest absolute Gasteiger partial charge is 0.481 e. The number of carboxylic acids is 1. The molecule has 1 aliphatic heterocycles. The minimum absolute atomic E-state index is 0.0485. The highest BCUT2D eigenvalue weighted by Gasteiger charge is 2.25. The maximum Gasteiger partial charge on any atom is 0.304 e. The lowest BCUT2D eigenvalue weighted by atomic mass is 9.98. The fourth-order valence-corrected chi connectivity index (χ4v) is 2.80. The van der Waals surface area contributed by atoms with Crippen LogP contribution in [0.3, 0.4) is 0 Å². The number of hydrogen-bond donors (Lipinski definition) is 1. The van der Waals surface area contributed by atoms with Crippen molar-refractivity contribution in [3.05, 3.63) is 34.6 Å². The van der Waals surface area contributed by atoms with E-state index in [0.717, 1.165) is 31.4 Å². The molecule has 1 saturated heterocycles. The van der Waals surface area contributed by atoms with Crippen molar-refractivity contribution in [2.24, 2.45) is 0 Å². The molecule has 0 radical (unpaired) electrons. The van der Waals surface area contributed by atoms with Crippen molar-refractivity contribution in [2.75, 3.05) is 6.54 Å². The number of hydrogen-bond acceptors (Lipinski definition) is 2. The lowest BCUT2D eigenvalue weighted by Gasteiger charge is -2.35. The summed E-state index contributed by atoms with van der Waals surface area (Å²) < 4.78 is 13.0. The Morgan fingerprint density at radius 2 is 2.26 bits per heavy atom. The summed E-state index contributed by atoms with van der Waals surface area (Å²) in [6, 6.07) is 4.40. The highest BCUT2D eigenvalue weighted by atomic mass is 35.5. The van der Waals surface area contributed by atoms with Gasteiger partial charge in [0.2, 0.25) is 0 Å². The van der Waals surface area contributed by atoms with E-state index in [0.29, 0.717) is 11.6 Å². The Morgan fingerprint density at radius 3 is 2.95 bits per heavy atom. The Kier molecular flexibility index (Phi) is 4.77. The van der Waals surface area contributed by atoms with Gasteiger partial charge in [-0.25, -0.2) is 4.39 Å². The van der Waals surface area contributed by atoms with Crippen LogP contribution in [0.1, 0.15) is 31.2 Å². The molecule has 1 unspecified atom stereocenters. The molecule has 3 nitrogen and oxygen atoms in total. The van der Waals surface area contributed by atoms with Gasteiger partial charge >= 0.3 is 5.97 Å². The van der Waals surface area contributed by atoms with Crippen molar-refractivity contribution < 1.29 is 14.3 Å². The van der Waals surface area contributed by atoms with Crippen LogP contribution in [0.25, 0.3) is 0 Å². The van der Waals surface area contributed by atoms with Crippen LogP contribution in [0.2, 0.25) is 5.02 Å². The maximum absolute atomic E-state index is 13.0. The van der Waals surface area contributed by atoms with Crippen LogP contribution in [0.5, 0.6) is 0 Å². The molecular weight excluding hydrogens is 269 g/mol. The first-order valence-corrected chi connectivity index (χ1v) is 6.84. The highest BCUT2D eigenvalue weighted by Crippen LogP contribution is 2.25. The molecule has 1 N–H and O–H groups in total. The second kappa shape index (κ2) is 6.35. The quantitative estimate of drug-likeness (QED) is 0.923. The van der Waals surface area contributed by atoms with Crippen molar-refractivity contribution in [1.29, 1.82) is 0 Å². The topological polar surface area (TPSA) is 40.5 Å². The molecular formula is C14H17ClFNO2. The molecule has 0 aliphatic carbocycles. The van der Waals surface area contributed by atoms with Crippen LogP contribution >= 0.6 is 11.6 Å². The number of carboxylic acid groups (broad SMARTS) is 1. The second-order valence-corrected chi connectivity index (χ2v) is 5.36. The molecule has 0 saturated carbocycles. The first-order valence-electron chi connectivity index (χ1n) is 6.46. The van der Waals surface area contributed by atoms with E-state index in [4.69, 9.17) is 16.7 Å². The Hall–Kier alpha value is -1.13. The molecule has 0 amide bonds. The van der Waals surface area contributed by atoms with E-state index in [1.807, 2.05) is 0 Å². The third-order valence-corrected chi connectivity index (χ3v) is 3.90. The number of likely N-dealkylation sites (tertiary alicyclic amines) is 1. The smallest absolute Gasteiger partial charge is 0.304 e. The minimum Gasteiger partial charge on any atom is -0.481 e. The maximum atomic E-state index is 13.0. The summed E-state index contributed by atoms with van der Waals surface area (Å²) in [6.45, 7) is 1.45. The van der Waals surface area contributed by atoms with Gasteiger partial charge in [0, 0.05) is 17.6 Å². The zero-order valence-electron chi connectivity index (χ0n) is 10.6. The zero-order valence-corrected chi connectivity index (χ0v) is 11.4. The normalized spacial score (nSPS) is 20.4.